The van der Waals surface area contributed by atoms with Gasteiger partial charge in [0.1, 0.15) is 0 Å². The van der Waals surface area contributed by atoms with Gasteiger partial charge in [0.15, 0.2) is 0 Å². The smallest absolute Gasteiger partial charge is 0.214 e. The van der Waals surface area contributed by atoms with Crippen LogP contribution in [-0.2, 0) is 14.8 Å². The lowest BCUT2D eigenvalue weighted by Gasteiger charge is -2.39. The molecule has 3 fully saturated rings. The Morgan fingerprint density at radius 2 is 1.59 bits per heavy atom. The van der Waals surface area contributed by atoms with Gasteiger partial charge in [-0.15, -0.1) is 0 Å². The molecule has 6 heteroatoms. The maximum Gasteiger partial charge on any atom is 0.214 e. The second-order valence-electron chi connectivity index (χ2n) is 6.85. The molecule has 0 aromatic heterocycles. The maximum absolute atomic E-state index is 12.4. The summed E-state index contributed by atoms with van der Waals surface area (Å²) in [4.78, 5) is 2.47. The number of morpholine rings is 1. The molecule has 130 valence electrons. The molecule has 22 heavy (non-hydrogen) atoms. The van der Waals surface area contributed by atoms with E-state index in [1.165, 1.54) is 0 Å². The number of ether oxygens (including phenoxy) is 1. The van der Waals surface area contributed by atoms with E-state index < -0.39 is 10.0 Å². The minimum atomic E-state index is -3.04. The Hall–Kier alpha value is -0.170. The Morgan fingerprint density at radius 3 is 2.09 bits per heavy atom. The highest BCUT2D eigenvalue weighted by Gasteiger charge is 2.43. The lowest BCUT2D eigenvalue weighted by molar-refractivity contribution is 0.00608. The maximum atomic E-state index is 12.4. The Bertz CT molecular complexity index is 434. The van der Waals surface area contributed by atoms with Crippen LogP contribution in [0.3, 0.4) is 0 Å². The first-order chi connectivity index (χ1) is 10.5. The van der Waals surface area contributed by atoms with Gasteiger partial charge in [-0.2, -0.15) is 0 Å². The van der Waals surface area contributed by atoms with Crippen LogP contribution in [0.1, 0.15) is 46.5 Å². The monoisotopic (exact) mass is 332 g/mol. The first-order valence-corrected chi connectivity index (χ1v) is 10.4. The Labute approximate surface area is 136 Å². The molecule has 2 heterocycles. The van der Waals surface area contributed by atoms with E-state index in [2.05, 4.69) is 11.8 Å². The highest BCUT2D eigenvalue weighted by atomic mass is 32.2. The lowest BCUT2D eigenvalue weighted by atomic mass is 10.0. The van der Waals surface area contributed by atoms with Crippen molar-refractivity contribution in [1.82, 2.24) is 9.21 Å². The molecule has 5 nitrogen and oxygen atoms in total. The molecule has 0 radical (unpaired) electrons. The van der Waals surface area contributed by atoms with Crippen LogP contribution < -0.4 is 0 Å². The summed E-state index contributed by atoms with van der Waals surface area (Å²) in [7, 11) is -3.04. The second kappa shape index (κ2) is 7.60. The SMILES string of the molecule is CC.CC1(CS(=O)(=O)N2CCC(N3CCOCC3)CC2)CC1. The van der Waals surface area contributed by atoms with Crippen LogP contribution in [0.4, 0.5) is 0 Å². The Balaban J connectivity index is 0.000000847. The molecule has 0 bridgehead atoms. The molecule has 0 unspecified atom stereocenters. The van der Waals surface area contributed by atoms with Crippen LogP contribution in [0, 0.1) is 5.41 Å². The van der Waals surface area contributed by atoms with Crippen LogP contribution in [0.25, 0.3) is 0 Å². The predicted octanol–water partition coefficient (Wildman–Crippen LogP) is 1.94. The number of rotatable bonds is 4. The van der Waals surface area contributed by atoms with Crippen molar-refractivity contribution in [2.45, 2.75) is 52.5 Å². The molecular weight excluding hydrogens is 300 g/mol. The van der Waals surface area contributed by atoms with E-state index in [-0.39, 0.29) is 5.41 Å². The topological polar surface area (TPSA) is 49.9 Å². The van der Waals surface area contributed by atoms with Gasteiger partial charge < -0.3 is 4.74 Å². The Kier molecular flexibility index (Phi) is 6.28. The van der Waals surface area contributed by atoms with E-state index in [1.54, 1.807) is 4.31 Å². The largest absolute Gasteiger partial charge is 0.379 e. The summed E-state index contributed by atoms with van der Waals surface area (Å²) in [6.07, 6.45) is 4.07. The summed E-state index contributed by atoms with van der Waals surface area (Å²) in [5.74, 6) is 0.349. The minimum absolute atomic E-state index is 0.0693. The zero-order chi connectivity index (χ0) is 16.2. The van der Waals surface area contributed by atoms with Crippen molar-refractivity contribution in [2.75, 3.05) is 45.1 Å². The summed E-state index contributed by atoms with van der Waals surface area (Å²) in [6.45, 7) is 11.1. The average Bonchev–Trinajstić information content (AvgIpc) is 3.26. The van der Waals surface area contributed by atoms with Crippen molar-refractivity contribution in [3.63, 3.8) is 0 Å². The van der Waals surface area contributed by atoms with E-state index in [4.69, 9.17) is 4.74 Å². The second-order valence-corrected chi connectivity index (χ2v) is 8.81. The molecule has 3 rings (SSSR count). The van der Waals surface area contributed by atoms with Gasteiger partial charge in [-0.3, -0.25) is 4.90 Å². The van der Waals surface area contributed by atoms with Gasteiger partial charge in [0.05, 0.1) is 19.0 Å². The first-order valence-electron chi connectivity index (χ1n) is 8.78. The molecule has 0 aromatic carbocycles. The first kappa shape index (κ1) is 18.2. The molecular formula is C16H32N2O3S. The van der Waals surface area contributed by atoms with Crippen molar-refractivity contribution in [2.24, 2.45) is 5.41 Å². The summed E-state index contributed by atoms with van der Waals surface area (Å²) in [5.41, 5.74) is 0.0693. The quantitative estimate of drug-likeness (QED) is 0.789. The van der Waals surface area contributed by atoms with Crippen LogP contribution in [0.15, 0.2) is 0 Å². The summed E-state index contributed by atoms with van der Waals surface area (Å²) in [5, 5.41) is 0. The zero-order valence-electron chi connectivity index (χ0n) is 14.4. The fourth-order valence-corrected chi connectivity index (χ4v) is 5.44. The normalized spacial score (nSPS) is 27.0. The van der Waals surface area contributed by atoms with Crippen LogP contribution in [0.2, 0.25) is 0 Å². The van der Waals surface area contributed by atoms with Gasteiger partial charge in [0, 0.05) is 32.2 Å². The van der Waals surface area contributed by atoms with Crippen LogP contribution in [0.5, 0.6) is 0 Å². The van der Waals surface area contributed by atoms with Gasteiger partial charge in [0.2, 0.25) is 10.0 Å². The van der Waals surface area contributed by atoms with Gasteiger partial charge in [-0.05, 0) is 31.1 Å². The molecule has 2 saturated heterocycles. The molecule has 0 N–H and O–H groups in total. The average molecular weight is 333 g/mol. The van der Waals surface area contributed by atoms with Gasteiger partial charge in [0.25, 0.3) is 0 Å². The Morgan fingerprint density at radius 1 is 1.05 bits per heavy atom. The molecule has 0 aromatic rings. The van der Waals surface area contributed by atoms with Gasteiger partial charge in [-0.1, -0.05) is 20.8 Å². The molecule has 0 spiro atoms. The summed E-state index contributed by atoms with van der Waals surface area (Å²) in [6, 6.07) is 0.543. The van der Waals surface area contributed by atoms with Crippen molar-refractivity contribution in [3.8, 4) is 0 Å². The minimum Gasteiger partial charge on any atom is -0.379 e. The van der Waals surface area contributed by atoms with Crippen molar-refractivity contribution < 1.29 is 13.2 Å². The fraction of sp³-hybridized carbons (Fsp3) is 1.00. The molecule has 2 aliphatic heterocycles. The molecule has 1 saturated carbocycles. The van der Waals surface area contributed by atoms with Crippen molar-refractivity contribution >= 4 is 10.0 Å². The lowest BCUT2D eigenvalue weighted by Crippen LogP contribution is -2.50. The standard InChI is InChI=1S/C14H26N2O3S.C2H6/c1-14(4-5-14)12-20(17,18)16-6-2-13(3-7-16)15-8-10-19-11-9-15;1-2/h13H,2-12H2,1H3;1-2H3. The highest BCUT2D eigenvalue weighted by molar-refractivity contribution is 7.89. The van der Waals surface area contributed by atoms with Crippen LogP contribution >= 0.6 is 0 Å². The third-order valence-corrected chi connectivity index (χ3v) is 7.23. The van der Waals surface area contributed by atoms with Gasteiger partial charge in [-0.25, -0.2) is 12.7 Å². The van der Waals surface area contributed by atoms with E-state index in [0.717, 1.165) is 52.0 Å². The van der Waals surface area contributed by atoms with Crippen molar-refractivity contribution in [1.29, 1.82) is 0 Å². The van der Waals surface area contributed by atoms with Crippen LogP contribution in [-0.4, -0.2) is 68.8 Å². The molecule has 1 aliphatic carbocycles. The third kappa shape index (κ3) is 4.66. The fourth-order valence-electron chi connectivity index (χ4n) is 3.32. The predicted molar refractivity (Wildman–Crippen MR) is 89.5 cm³/mol. The number of nitrogens with zero attached hydrogens (tertiary/aromatic N) is 2. The van der Waals surface area contributed by atoms with E-state index in [1.807, 2.05) is 13.8 Å². The zero-order valence-corrected chi connectivity index (χ0v) is 15.2. The number of sulfonamides is 1. The van der Waals surface area contributed by atoms with E-state index in [0.29, 0.717) is 24.9 Å². The molecule has 0 amide bonds. The molecule has 0 atom stereocenters. The summed E-state index contributed by atoms with van der Waals surface area (Å²) < 4.78 is 31.9. The van der Waals surface area contributed by atoms with E-state index >= 15 is 0 Å². The number of piperidine rings is 1. The van der Waals surface area contributed by atoms with Crippen molar-refractivity contribution in [3.05, 3.63) is 0 Å². The summed E-state index contributed by atoms with van der Waals surface area (Å²) >= 11 is 0. The molecule has 3 aliphatic rings. The third-order valence-electron chi connectivity index (χ3n) is 5.01. The van der Waals surface area contributed by atoms with Gasteiger partial charge >= 0.3 is 0 Å². The number of hydrogen-bond donors (Lipinski definition) is 0. The van der Waals surface area contributed by atoms with E-state index in [9.17, 15) is 8.42 Å². The number of hydrogen-bond acceptors (Lipinski definition) is 4. The highest BCUT2D eigenvalue weighted by Crippen LogP contribution is 2.46.